The fourth-order valence-corrected chi connectivity index (χ4v) is 1.89. The highest BCUT2D eigenvalue weighted by Gasteiger charge is 2.10. The third kappa shape index (κ3) is 2.79. The standard InChI is InChI=1S/C13H15N3O3/c1-16(5-2-6-17)12-10-4-3-9(13(18)19)7-11(10)14-8-15-12/h3-4,7-8,17H,2,5-6H2,1H3,(H,18,19). The average molecular weight is 261 g/mol. The summed E-state index contributed by atoms with van der Waals surface area (Å²) in [5.41, 5.74) is 0.802. The van der Waals surface area contributed by atoms with E-state index in [-0.39, 0.29) is 12.2 Å². The van der Waals surface area contributed by atoms with E-state index < -0.39 is 5.97 Å². The van der Waals surface area contributed by atoms with Gasteiger partial charge in [0.1, 0.15) is 12.1 Å². The summed E-state index contributed by atoms with van der Waals surface area (Å²) >= 11 is 0. The lowest BCUT2D eigenvalue weighted by atomic mass is 10.1. The van der Waals surface area contributed by atoms with Crippen molar-refractivity contribution >= 4 is 22.7 Å². The van der Waals surface area contributed by atoms with Crippen LogP contribution in [0.4, 0.5) is 5.82 Å². The molecule has 19 heavy (non-hydrogen) atoms. The van der Waals surface area contributed by atoms with Gasteiger partial charge in [-0.1, -0.05) is 0 Å². The summed E-state index contributed by atoms with van der Waals surface area (Å²) in [6, 6.07) is 4.78. The highest BCUT2D eigenvalue weighted by atomic mass is 16.4. The van der Waals surface area contributed by atoms with E-state index in [1.807, 2.05) is 11.9 Å². The molecule has 0 amide bonds. The van der Waals surface area contributed by atoms with Crippen LogP contribution in [0.1, 0.15) is 16.8 Å². The predicted molar refractivity (Wildman–Crippen MR) is 71.5 cm³/mol. The van der Waals surface area contributed by atoms with Crippen molar-refractivity contribution in [1.82, 2.24) is 9.97 Å². The second kappa shape index (κ2) is 5.62. The first-order valence-corrected chi connectivity index (χ1v) is 5.93. The number of anilines is 1. The third-order valence-electron chi connectivity index (χ3n) is 2.88. The Balaban J connectivity index is 2.43. The molecule has 0 aliphatic rings. The maximum absolute atomic E-state index is 10.9. The van der Waals surface area contributed by atoms with Gasteiger partial charge >= 0.3 is 5.97 Å². The van der Waals surface area contributed by atoms with Gasteiger partial charge in [-0.2, -0.15) is 0 Å². The lowest BCUT2D eigenvalue weighted by molar-refractivity contribution is 0.0697. The van der Waals surface area contributed by atoms with Crippen LogP contribution in [0.5, 0.6) is 0 Å². The lowest BCUT2D eigenvalue weighted by Crippen LogP contribution is -2.21. The van der Waals surface area contributed by atoms with E-state index in [9.17, 15) is 4.79 Å². The third-order valence-corrected chi connectivity index (χ3v) is 2.88. The minimum Gasteiger partial charge on any atom is -0.478 e. The normalized spacial score (nSPS) is 10.6. The van der Waals surface area contributed by atoms with Crippen molar-refractivity contribution in [2.75, 3.05) is 25.1 Å². The van der Waals surface area contributed by atoms with Crippen molar-refractivity contribution in [1.29, 1.82) is 0 Å². The molecule has 0 radical (unpaired) electrons. The summed E-state index contributed by atoms with van der Waals surface area (Å²) < 4.78 is 0. The second-order valence-corrected chi connectivity index (χ2v) is 4.23. The summed E-state index contributed by atoms with van der Waals surface area (Å²) in [7, 11) is 1.88. The Morgan fingerprint density at radius 3 is 2.84 bits per heavy atom. The fraction of sp³-hybridized carbons (Fsp3) is 0.308. The summed E-state index contributed by atoms with van der Waals surface area (Å²) in [5, 5.41) is 18.6. The minimum absolute atomic E-state index is 0.122. The molecule has 0 atom stereocenters. The van der Waals surface area contributed by atoms with Gasteiger partial charge in [-0.25, -0.2) is 14.8 Å². The van der Waals surface area contributed by atoms with Crippen molar-refractivity contribution in [3.63, 3.8) is 0 Å². The SMILES string of the molecule is CN(CCCO)c1ncnc2cc(C(=O)O)ccc12. The Labute approximate surface area is 110 Å². The number of rotatable bonds is 5. The number of aromatic nitrogens is 2. The van der Waals surface area contributed by atoms with Gasteiger partial charge in [0, 0.05) is 25.6 Å². The van der Waals surface area contributed by atoms with Gasteiger partial charge in [0.25, 0.3) is 0 Å². The van der Waals surface area contributed by atoms with Gasteiger partial charge in [0.05, 0.1) is 11.1 Å². The first-order valence-electron chi connectivity index (χ1n) is 5.93. The zero-order chi connectivity index (χ0) is 13.8. The molecular formula is C13H15N3O3. The topological polar surface area (TPSA) is 86.5 Å². The molecule has 2 N–H and O–H groups in total. The van der Waals surface area contributed by atoms with Crippen LogP contribution in [0, 0.1) is 0 Å². The van der Waals surface area contributed by atoms with Crippen LogP contribution in [0.3, 0.4) is 0 Å². The number of carboxylic acids is 1. The van der Waals surface area contributed by atoms with Crippen molar-refractivity contribution < 1.29 is 15.0 Å². The van der Waals surface area contributed by atoms with Crippen molar-refractivity contribution in [3.05, 3.63) is 30.1 Å². The maximum Gasteiger partial charge on any atom is 0.335 e. The molecule has 0 spiro atoms. The van der Waals surface area contributed by atoms with E-state index in [0.717, 1.165) is 11.2 Å². The van der Waals surface area contributed by atoms with Crippen LogP contribution in [0.15, 0.2) is 24.5 Å². The molecule has 1 aromatic carbocycles. The van der Waals surface area contributed by atoms with Gasteiger partial charge in [0.2, 0.25) is 0 Å². The van der Waals surface area contributed by atoms with Crippen LogP contribution < -0.4 is 4.90 Å². The summed E-state index contributed by atoms with van der Waals surface area (Å²) in [6.07, 6.45) is 2.06. The number of carbonyl (C=O) groups is 1. The molecular weight excluding hydrogens is 246 g/mol. The van der Waals surface area contributed by atoms with Gasteiger partial charge < -0.3 is 15.1 Å². The molecule has 0 bridgehead atoms. The van der Waals surface area contributed by atoms with Crippen molar-refractivity contribution in [2.24, 2.45) is 0 Å². The van der Waals surface area contributed by atoms with Crippen LogP contribution in [-0.2, 0) is 0 Å². The monoisotopic (exact) mass is 261 g/mol. The van der Waals surface area contributed by atoms with Crippen LogP contribution >= 0.6 is 0 Å². The molecule has 0 saturated heterocycles. The highest BCUT2D eigenvalue weighted by molar-refractivity contribution is 5.96. The van der Waals surface area contributed by atoms with E-state index >= 15 is 0 Å². The Morgan fingerprint density at radius 1 is 1.37 bits per heavy atom. The molecule has 6 nitrogen and oxygen atoms in total. The first-order chi connectivity index (χ1) is 9.13. The molecule has 0 unspecified atom stereocenters. The number of aliphatic hydroxyl groups is 1. The molecule has 6 heteroatoms. The Kier molecular flexibility index (Phi) is 3.91. The fourth-order valence-electron chi connectivity index (χ4n) is 1.89. The number of aliphatic hydroxyl groups excluding tert-OH is 1. The zero-order valence-electron chi connectivity index (χ0n) is 10.6. The number of benzene rings is 1. The number of hydrogen-bond donors (Lipinski definition) is 2. The molecule has 0 fully saturated rings. The molecule has 1 heterocycles. The van der Waals surface area contributed by atoms with Crippen molar-refractivity contribution in [2.45, 2.75) is 6.42 Å². The molecule has 1 aromatic heterocycles. The van der Waals surface area contributed by atoms with E-state index in [1.54, 1.807) is 6.07 Å². The maximum atomic E-state index is 10.9. The Hall–Kier alpha value is -2.21. The van der Waals surface area contributed by atoms with Gasteiger partial charge in [0.15, 0.2) is 0 Å². The average Bonchev–Trinajstić information content (AvgIpc) is 2.43. The van der Waals surface area contributed by atoms with E-state index in [0.29, 0.717) is 18.5 Å². The van der Waals surface area contributed by atoms with Crippen LogP contribution in [-0.4, -0.2) is 46.3 Å². The van der Waals surface area contributed by atoms with Gasteiger partial charge in [-0.05, 0) is 24.6 Å². The molecule has 0 saturated carbocycles. The van der Waals surface area contributed by atoms with Crippen LogP contribution in [0.25, 0.3) is 10.9 Å². The molecule has 2 aromatic rings. The number of aromatic carboxylic acids is 1. The molecule has 0 aliphatic heterocycles. The first kappa shape index (κ1) is 13.2. The van der Waals surface area contributed by atoms with Crippen molar-refractivity contribution in [3.8, 4) is 0 Å². The van der Waals surface area contributed by atoms with E-state index in [1.165, 1.54) is 18.5 Å². The number of carboxylic acid groups (broad SMARTS) is 1. The smallest absolute Gasteiger partial charge is 0.335 e. The number of fused-ring (bicyclic) bond motifs is 1. The summed E-state index contributed by atoms with van der Waals surface area (Å²) in [5.74, 6) is -0.244. The van der Waals surface area contributed by atoms with E-state index in [4.69, 9.17) is 10.2 Å². The van der Waals surface area contributed by atoms with Crippen LogP contribution in [0.2, 0.25) is 0 Å². The number of nitrogens with zero attached hydrogens (tertiary/aromatic N) is 3. The Bertz CT molecular complexity index is 601. The molecule has 2 rings (SSSR count). The molecule has 0 aliphatic carbocycles. The number of hydrogen-bond acceptors (Lipinski definition) is 5. The highest BCUT2D eigenvalue weighted by Crippen LogP contribution is 2.23. The minimum atomic E-state index is -0.976. The molecule has 100 valence electrons. The quantitative estimate of drug-likeness (QED) is 0.839. The largest absolute Gasteiger partial charge is 0.478 e. The zero-order valence-corrected chi connectivity index (χ0v) is 10.6. The van der Waals surface area contributed by atoms with Gasteiger partial charge in [-0.3, -0.25) is 0 Å². The van der Waals surface area contributed by atoms with E-state index in [2.05, 4.69) is 9.97 Å². The second-order valence-electron chi connectivity index (χ2n) is 4.23. The van der Waals surface area contributed by atoms with Gasteiger partial charge in [-0.15, -0.1) is 0 Å². The predicted octanol–water partition coefficient (Wildman–Crippen LogP) is 1.15. The summed E-state index contributed by atoms with van der Waals surface area (Å²) in [6.45, 7) is 0.791. The lowest BCUT2D eigenvalue weighted by Gasteiger charge is -2.19. The Morgan fingerprint density at radius 2 is 2.16 bits per heavy atom. The summed E-state index contributed by atoms with van der Waals surface area (Å²) in [4.78, 5) is 21.2.